The van der Waals surface area contributed by atoms with E-state index in [9.17, 15) is 9.90 Å². The maximum Gasteiger partial charge on any atom is 0.248 e. The number of nitrogens with one attached hydrogen (secondary N) is 1. The van der Waals surface area contributed by atoms with E-state index >= 15 is 0 Å². The smallest absolute Gasteiger partial charge is 0.248 e. The van der Waals surface area contributed by atoms with Crippen molar-refractivity contribution in [3.63, 3.8) is 0 Å². The number of hydrogen-bond donors (Lipinski definition) is 3. The summed E-state index contributed by atoms with van der Waals surface area (Å²) in [5.74, 6) is -0.419. The van der Waals surface area contributed by atoms with Crippen LogP contribution in [0.1, 0.15) is 27.0 Å². The van der Waals surface area contributed by atoms with Crippen LogP contribution in [0.4, 0.5) is 0 Å². The van der Waals surface area contributed by atoms with Gasteiger partial charge in [0.25, 0.3) is 0 Å². The number of aliphatic hydroxyl groups excluding tert-OH is 1. The van der Waals surface area contributed by atoms with Gasteiger partial charge in [0.1, 0.15) is 0 Å². The minimum Gasteiger partial charge on any atom is -0.392 e. The molecule has 2 aromatic carbocycles. The second-order valence-electron chi connectivity index (χ2n) is 4.60. The Labute approximate surface area is 118 Å². The average molecular weight is 270 g/mol. The third-order valence-electron chi connectivity index (χ3n) is 3.14. The Morgan fingerprint density at radius 3 is 2.50 bits per heavy atom. The lowest BCUT2D eigenvalue weighted by Crippen LogP contribution is -2.15. The second-order valence-corrected chi connectivity index (χ2v) is 4.60. The zero-order chi connectivity index (χ0) is 14.4. The zero-order valence-corrected chi connectivity index (χ0v) is 11.2. The van der Waals surface area contributed by atoms with Gasteiger partial charge in [0.2, 0.25) is 5.91 Å². The van der Waals surface area contributed by atoms with Gasteiger partial charge in [0, 0.05) is 18.7 Å². The van der Waals surface area contributed by atoms with E-state index < -0.39 is 5.91 Å². The Kier molecular flexibility index (Phi) is 4.87. The molecule has 0 atom stereocenters. The zero-order valence-electron chi connectivity index (χ0n) is 11.2. The first-order valence-electron chi connectivity index (χ1n) is 6.48. The number of primary amides is 1. The highest BCUT2D eigenvalue weighted by Gasteiger charge is 2.02. The molecule has 4 heteroatoms. The summed E-state index contributed by atoms with van der Waals surface area (Å²) in [6.45, 7) is 1.34. The summed E-state index contributed by atoms with van der Waals surface area (Å²) in [6, 6.07) is 15.0. The summed E-state index contributed by atoms with van der Waals surface area (Å²) in [4.78, 5) is 11.1. The largest absolute Gasteiger partial charge is 0.392 e. The molecule has 0 saturated carbocycles. The first kappa shape index (κ1) is 14.2. The number of carbonyl (C=O) groups excluding carboxylic acids is 1. The third-order valence-corrected chi connectivity index (χ3v) is 3.14. The number of benzene rings is 2. The second kappa shape index (κ2) is 6.84. The van der Waals surface area contributed by atoms with Crippen molar-refractivity contribution < 1.29 is 9.90 Å². The van der Waals surface area contributed by atoms with Crippen molar-refractivity contribution in [3.8, 4) is 0 Å². The highest BCUT2D eigenvalue weighted by atomic mass is 16.3. The lowest BCUT2D eigenvalue weighted by molar-refractivity contribution is 0.1000. The Morgan fingerprint density at radius 2 is 1.80 bits per heavy atom. The summed E-state index contributed by atoms with van der Waals surface area (Å²) in [5, 5.41) is 12.5. The van der Waals surface area contributed by atoms with Crippen molar-refractivity contribution in [1.29, 1.82) is 0 Å². The molecular weight excluding hydrogens is 252 g/mol. The lowest BCUT2D eigenvalue weighted by Gasteiger charge is -2.09. The highest BCUT2D eigenvalue weighted by molar-refractivity contribution is 5.92. The van der Waals surface area contributed by atoms with Crippen LogP contribution in [0.3, 0.4) is 0 Å². The SMILES string of the molecule is NC(=O)c1cccc(CNCc2ccccc2CO)c1. The third kappa shape index (κ3) is 3.66. The van der Waals surface area contributed by atoms with Gasteiger partial charge < -0.3 is 16.2 Å². The predicted octanol–water partition coefficient (Wildman–Crippen LogP) is 1.57. The lowest BCUT2D eigenvalue weighted by atomic mass is 10.1. The molecule has 4 N–H and O–H groups in total. The number of rotatable bonds is 6. The van der Waals surface area contributed by atoms with E-state index in [0.717, 1.165) is 16.7 Å². The van der Waals surface area contributed by atoms with Crippen molar-refractivity contribution in [2.75, 3.05) is 0 Å². The minimum absolute atomic E-state index is 0.0367. The monoisotopic (exact) mass is 270 g/mol. The molecule has 104 valence electrons. The highest BCUT2D eigenvalue weighted by Crippen LogP contribution is 2.09. The van der Waals surface area contributed by atoms with Crippen LogP contribution >= 0.6 is 0 Å². The van der Waals surface area contributed by atoms with Gasteiger partial charge in [-0.05, 0) is 28.8 Å². The molecule has 0 aliphatic rings. The number of aliphatic hydroxyl groups is 1. The molecule has 0 aliphatic carbocycles. The standard InChI is InChI=1S/C16H18N2O2/c17-16(20)13-7-3-4-12(8-13)9-18-10-14-5-1-2-6-15(14)11-19/h1-8,18-19H,9-11H2,(H2,17,20). The van der Waals surface area contributed by atoms with Gasteiger partial charge in [-0.2, -0.15) is 0 Å². The number of hydrogen-bond acceptors (Lipinski definition) is 3. The molecule has 2 aromatic rings. The molecular formula is C16H18N2O2. The average Bonchev–Trinajstić information content (AvgIpc) is 2.48. The van der Waals surface area contributed by atoms with Gasteiger partial charge in [0.15, 0.2) is 0 Å². The van der Waals surface area contributed by atoms with Gasteiger partial charge in [-0.3, -0.25) is 4.79 Å². The number of carbonyl (C=O) groups is 1. The molecule has 0 aliphatic heterocycles. The molecule has 0 spiro atoms. The summed E-state index contributed by atoms with van der Waals surface area (Å²) < 4.78 is 0. The van der Waals surface area contributed by atoms with Crippen molar-refractivity contribution in [1.82, 2.24) is 5.32 Å². The molecule has 0 heterocycles. The van der Waals surface area contributed by atoms with E-state index in [0.29, 0.717) is 18.7 Å². The van der Waals surface area contributed by atoms with Gasteiger partial charge in [-0.1, -0.05) is 36.4 Å². The van der Waals surface area contributed by atoms with Crippen molar-refractivity contribution >= 4 is 5.91 Å². The first-order chi connectivity index (χ1) is 9.70. The summed E-state index contributed by atoms with van der Waals surface area (Å²) >= 11 is 0. The predicted molar refractivity (Wildman–Crippen MR) is 77.9 cm³/mol. The van der Waals surface area contributed by atoms with Crippen LogP contribution in [-0.2, 0) is 19.7 Å². The van der Waals surface area contributed by atoms with Gasteiger partial charge in [0.05, 0.1) is 6.61 Å². The van der Waals surface area contributed by atoms with E-state index in [1.165, 1.54) is 0 Å². The Hall–Kier alpha value is -2.17. The summed E-state index contributed by atoms with van der Waals surface area (Å²) in [5.41, 5.74) is 8.76. The van der Waals surface area contributed by atoms with Crippen molar-refractivity contribution in [2.24, 2.45) is 5.73 Å². The van der Waals surface area contributed by atoms with Crippen LogP contribution in [0.15, 0.2) is 48.5 Å². The van der Waals surface area contributed by atoms with Crippen LogP contribution in [0, 0.1) is 0 Å². The molecule has 0 saturated heterocycles. The first-order valence-corrected chi connectivity index (χ1v) is 6.48. The topological polar surface area (TPSA) is 75.4 Å². The molecule has 0 aromatic heterocycles. The van der Waals surface area contributed by atoms with E-state index in [1.807, 2.05) is 36.4 Å². The Bertz CT molecular complexity index is 597. The van der Waals surface area contributed by atoms with Gasteiger partial charge in [-0.15, -0.1) is 0 Å². The number of nitrogens with two attached hydrogens (primary N) is 1. The van der Waals surface area contributed by atoms with E-state index in [1.54, 1.807) is 12.1 Å². The fourth-order valence-corrected chi connectivity index (χ4v) is 2.06. The summed E-state index contributed by atoms with van der Waals surface area (Å²) in [6.07, 6.45) is 0. The molecule has 1 amide bonds. The quantitative estimate of drug-likeness (QED) is 0.745. The van der Waals surface area contributed by atoms with Gasteiger partial charge in [-0.25, -0.2) is 0 Å². The van der Waals surface area contributed by atoms with Crippen LogP contribution in [0.25, 0.3) is 0 Å². The van der Waals surface area contributed by atoms with E-state index in [4.69, 9.17) is 5.73 Å². The Balaban J connectivity index is 1.96. The fourth-order valence-electron chi connectivity index (χ4n) is 2.06. The van der Waals surface area contributed by atoms with E-state index in [2.05, 4.69) is 5.32 Å². The number of amides is 1. The van der Waals surface area contributed by atoms with Crippen LogP contribution in [0.5, 0.6) is 0 Å². The molecule has 20 heavy (non-hydrogen) atoms. The Morgan fingerprint density at radius 1 is 1.05 bits per heavy atom. The fraction of sp³-hybridized carbons (Fsp3) is 0.188. The molecule has 4 nitrogen and oxygen atoms in total. The van der Waals surface area contributed by atoms with Crippen LogP contribution < -0.4 is 11.1 Å². The molecule has 0 unspecified atom stereocenters. The van der Waals surface area contributed by atoms with Crippen LogP contribution in [0.2, 0.25) is 0 Å². The summed E-state index contributed by atoms with van der Waals surface area (Å²) in [7, 11) is 0. The van der Waals surface area contributed by atoms with Crippen molar-refractivity contribution in [2.45, 2.75) is 19.7 Å². The molecule has 2 rings (SSSR count). The molecule has 0 fully saturated rings. The van der Waals surface area contributed by atoms with Crippen molar-refractivity contribution in [3.05, 3.63) is 70.8 Å². The van der Waals surface area contributed by atoms with E-state index in [-0.39, 0.29) is 6.61 Å². The maximum atomic E-state index is 11.1. The molecule has 0 bridgehead atoms. The normalized spacial score (nSPS) is 10.4. The maximum absolute atomic E-state index is 11.1. The van der Waals surface area contributed by atoms with Gasteiger partial charge >= 0.3 is 0 Å². The molecule has 0 radical (unpaired) electrons. The van der Waals surface area contributed by atoms with Crippen LogP contribution in [-0.4, -0.2) is 11.0 Å². The minimum atomic E-state index is -0.419.